The molecule has 1 aromatic carbocycles. The molecule has 0 aliphatic rings. The Labute approximate surface area is 124 Å². The summed E-state index contributed by atoms with van der Waals surface area (Å²) in [5.41, 5.74) is 9.51. The number of fused-ring (bicyclic) bond motifs is 1. The molecule has 3 N–H and O–H groups in total. The van der Waals surface area contributed by atoms with Crippen LogP contribution in [0.3, 0.4) is 0 Å². The van der Waals surface area contributed by atoms with Crippen LogP contribution in [-0.4, -0.2) is 17.1 Å². The van der Waals surface area contributed by atoms with Crippen molar-refractivity contribution in [3.05, 3.63) is 40.1 Å². The van der Waals surface area contributed by atoms with E-state index in [4.69, 9.17) is 10.5 Å². The van der Waals surface area contributed by atoms with Crippen LogP contribution in [0.1, 0.15) is 0 Å². The first-order valence-electron chi connectivity index (χ1n) is 5.76. The molecule has 3 aromatic rings. The summed E-state index contributed by atoms with van der Waals surface area (Å²) in [7, 11) is 1.63. The maximum atomic E-state index is 5.80. The number of H-pyrrole nitrogens is 1. The van der Waals surface area contributed by atoms with Gasteiger partial charge in [0.1, 0.15) is 0 Å². The zero-order chi connectivity index (χ0) is 13.4. The average Bonchev–Trinajstić information content (AvgIpc) is 2.80. The fourth-order valence-corrected chi connectivity index (χ4v) is 2.78. The summed E-state index contributed by atoms with van der Waals surface area (Å²) < 4.78 is 6.43. The Morgan fingerprint density at radius 1 is 1.26 bits per heavy atom. The maximum Gasteiger partial charge on any atom is 0.223 e. The third kappa shape index (κ3) is 2.14. The molecule has 2 aromatic heterocycles. The van der Waals surface area contributed by atoms with Gasteiger partial charge in [0.15, 0.2) is 0 Å². The number of nitrogen functional groups attached to an aromatic ring is 1. The molecule has 0 aliphatic carbocycles. The SMILES string of the molecule is COc1nccc(I)c1-c1cc2ccc(N)cc2[nH]1. The number of aromatic amines is 1. The lowest BCUT2D eigenvalue weighted by atomic mass is 10.2. The van der Waals surface area contributed by atoms with Gasteiger partial charge in [0.25, 0.3) is 0 Å². The van der Waals surface area contributed by atoms with Crippen molar-refractivity contribution in [3.63, 3.8) is 0 Å². The van der Waals surface area contributed by atoms with Gasteiger partial charge in [-0.25, -0.2) is 4.98 Å². The molecule has 4 nitrogen and oxygen atoms in total. The second-order valence-electron chi connectivity index (χ2n) is 4.21. The van der Waals surface area contributed by atoms with E-state index in [0.29, 0.717) is 5.88 Å². The number of halogens is 1. The fourth-order valence-electron chi connectivity index (χ4n) is 2.10. The zero-order valence-corrected chi connectivity index (χ0v) is 12.4. The number of ether oxygens (including phenoxy) is 1. The molecule has 3 rings (SSSR count). The molecule has 0 amide bonds. The van der Waals surface area contributed by atoms with Crippen molar-refractivity contribution >= 4 is 39.2 Å². The highest BCUT2D eigenvalue weighted by Crippen LogP contribution is 2.34. The first-order valence-corrected chi connectivity index (χ1v) is 6.84. The number of nitrogens with two attached hydrogens (primary N) is 1. The van der Waals surface area contributed by atoms with Crippen LogP contribution in [0.5, 0.6) is 5.88 Å². The number of nitrogens with one attached hydrogen (secondary N) is 1. The van der Waals surface area contributed by atoms with E-state index in [1.807, 2.05) is 24.3 Å². The Balaban J connectivity index is 2.24. The summed E-state index contributed by atoms with van der Waals surface area (Å²) in [6.45, 7) is 0. The lowest BCUT2D eigenvalue weighted by Crippen LogP contribution is -1.93. The van der Waals surface area contributed by atoms with E-state index in [0.717, 1.165) is 31.4 Å². The van der Waals surface area contributed by atoms with Crippen LogP contribution in [0.4, 0.5) is 5.69 Å². The van der Waals surface area contributed by atoms with Gasteiger partial charge in [-0.15, -0.1) is 0 Å². The largest absolute Gasteiger partial charge is 0.480 e. The molecular weight excluding hydrogens is 353 g/mol. The molecule has 0 saturated heterocycles. The van der Waals surface area contributed by atoms with Crippen LogP contribution in [0.2, 0.25) is 0 Å². The Kier molecular flexibility index (Phi) is 3.06. The van der Waals surface area contributed by atoms with Crippen molar-refractivity contribution in [2.24, 2.45) is 0 Å². The predicted octanol–water partition coefficient (Wildman–Crippen LogP) is 3.43. The normalized spacial score (nSPS) is 10.8. The van der Waals surface area contributed by atoms with Gasteiger partial charge in [0, 0.05) is 26.4 Å². The quantitative estimate of drug-likeness (QED) is 0.540. The Bertz CT molecular complexity index is 752. The van der Waals surface area contributed by atoms with Gasteiger partial charge >= 0.3 is 0 Å². The van der Waals surface area contributed by atoms with E-state index in [1.165, 1.54) is 0 Å². The Morgan fingerprint density at radius 2 is 2.11 bits per heavy atom. The first kappa shape index (κ1) is 12.3. The van der Waals surface area contributed by atoms with Gasteiger partial charge in [0.05, 0.1) is 18.4 Å². The summed E-state index contributed by atoms with van der Waals surface area (Å²) in [6, 6.07) is 9.86. The number of hydrogen-bond donors (Lipinski definition) is 2. The van der Waals surface area contributed by atoms with E-state index >= 15 is 0 Å². The van der Waals surface area contributed by atoms with Gasteiger partial charge in [-0.05, 0) is 46.9 Å². The maximum absolute atomic E-state index is 5.80. The molecule has 0 saturated carbocycles. The van der Waals surface area contributed by atoms with Crippen LogP contribution >= 0.6 is 22.6 Å². The third-order valence-electron chi connectivity index (χ3n) is 2.97. The Hall–Kier alpha value is -1.76. The molecular formula is C14H12IN3O. The van der Waals surface area contributed by atoms with Crippen LogP contribution < -0.4 is 10.5 Å². The average molecular weight is 365 g/mol. The minimum atomic E-state index is 0.617. The second-order valence-corrected chi connectivity index (χ2v) is 5.37. The van der Waals surface area contributed by atoms with Crippen molar-refractivity contribution in [3.8, 4) is 17.1 Å². The second kappa shape index (κ2) is 4.73. The minimum Gasteiger partial charge on any atom is -0.480 e. The summed E-state index contributed by atoms with van der Waals surface area (Å²) >= 11 is 2.28. The third-order valence-corrected chi connectivity index (χ3v) is 3.87. The molecule has 0 spiro atoms. The van der Waals surface area contributed by atoms with E-state index in [-0.39, 0.29) is 0 Å². The number of anilines is 1. The molecule has 96 valence electrons. The fraction of sp³-hybridized carbons (Fsp3) is 0.0714. The molecule has 0 bridgehead atoms. The molecule has 19 heavy (non-hydrogen) atoms. The molecule has 5 heteroatoms. The molecule has 0 radical (unpaired) electrons. The van der Waals surface area contributed by atoms with Crippen molar-refractivity contribution in [2.45, 2.75) is 0 Å². The number of nitrogens with zero attached hydrogens (tertiary/aromatic N) is 1. The van der Waals surface area contributed by atoms with Crippen LogP contribution in [-0.2, 0) is 0 Å². The highest BCUT2D eigenvalue weighted by molar-refractivity contribution is 14.1. The summed E-state index contributed by atoms with van der Waals surface area (Å²) in [5, 5.41) is 1.12. The number of benzene rings is 1. The van der Waals surface area contributed by atoms with E-state index in [2.05, 4.69) is 38.6 Å². The van der Waals surface area contributed by atoms with E-state index < -0.39 is 0 Å². The van der Waals surface area contributed by atoms with Crippen molar-refractivity contribution in [2.75, 3.05) is 12.8 Å². The van der Waals surface area contributed by atoms with E-state index in [1.54, 1.807) is 13.3 Å². The lowest BCUT2D eigenvalue weighted by molar-refractivity contribution is 0.399. The van der Waals surface area contributed by atoms with E-state index in [9.17, 15) is 0 Å². The minimum absolute atomic E-state index is 0.617. The Morgan fingerprint density at radius 3 is 2.89 bits per heavy atom. The molecule has 2 heterocycles. The van der Waals surface area contributed by atoms with Gasteiger partial charge in [-0.3, -0.25) is 0 Å². The zero-order valence-electron chi connectivity index (χ0n) is 10.3. The van der Waals surface area contributed by atoms with Gasteiger partial charge in [0.2, 0.25) is 5.88 Å². The van der Waals surface area contributed by atoms with Crippen LogP contribution in [0, 0.1) is 3.57 Å². The number of pyridine rings is 1. The predicted molar refractivity (Wildman–Crippen MR) is 85.2 cm³/mol. The van der Waals surface area contributed by atoms with Gasteiger partial charge in [-0.2, -0.15) is 0 Å². The molecule has 0 fully saturated rings. The van der Waals surface area contributed by atoms with Crippen LogP contribution in [0.25, 0.3) is 22.2 Å². The standard InChI is InChI=1S/C14H12IN3O/c1-19-14-13(10(15)4-5-17-14)12-6-8-2-3-9(16)7-11(8)18-12/h2-7,18H,16H2,1H3. The summed E-state index contributed by atoms with van der Waals surface area (Å²) in [6.07, 6.45) is 1.74. The number of hydrogen-bond acceptors (Lipinski definition) is 3. The highest BCUT2D eigenvalue weighted by Gasteiger charge is 2.13. The molecule has 0 unspecified atom stereocenters. The van der Waals surface area contributed by atoms with Gasteiger partial charge < -0.3 is 15.5 Å². The van der Waals surface area contributed by atoms with Crippen molar-refractivity contribution in [1.82, 2.24) is 9.97 Å². The number of aromatic nitrogens is 2. The topological polar surface area (TPSA) is 63.9 Å². The lowest BCUT2D eigenvalue weighted by Gasteiger charge is -2.07. The van der Waals surface area contributed by atoms with Crippen molar-refractivity contribution < 1.29 is 4.74 Å². The number of methoxy groups -OCH3 is 1. The highest BCUT2D eigenvalue weighted by atomic mass is 127. The monoisotopic (exact) mass is 365 g/mol. The van der Waals surface area contributed by atoms with Crippen LogP contribution in [0.15, 0.2) is 36.5 Å². The van der Waals surface area contributed by atoms with Gasteiger partial charge in [-0.1, -0.05) is 6.07 Å². The number of rotatable bonds is 2. The summed E-state index contributed by atoms with van der Waals surface area (Å²) in [4.78, 5) is 7.61. The molecule has 0 atom stereocenters. The smallest absolute Gasteiger partial charge is 0.223 e. The molecule has 0 aliphatic heterocycles. The van der Waals surface area contributed by atoms with Crippen molar-refractivity contribution in [1.29, 1.82) is 0 Å². The first-order chi connectivity index (χ1) is 9.19. The summed E-state index contributed by atoms with van der Waals surface area (Å²) in [5.74, 6) is 0.617.